The van der Waals surface area contributed by atoms with Crippen LogP contribution in [0.1, 0.15) is 42.3 Å². The van der Waals surface area contributed by atoms with Crippen molar-refractivity contribution in [3.63, 3.8) is 0 Å². The Morgan fingerprint density at radius 2 is 2.04 bits per heavy atom. The molecule has 0 saturated carbocycles. The van der Waals surface area contributed by atoms with Gasteiger partial charge in [0, 0.05) is 17.1 Å². The Labute approximate surface area is 169 Å². The maximum absolute atomic E-state index is 13.0. The highest BCUT2D eigenvalue weighted by Crippen LogP contribution is 2.36. The van der Waals surface area contributed by atoms with Gasteiger partial charge in [0.1, 0.15) is 0 Å². The van der Waals surface area contributed by atoms with E-state index in [0.717, 1.165) is 30.6 Å². The standard InChI is InChI=1S/C21H26N2O2S2/c1-4-18-17-10-12-26-19(17)9-11-23(18)21(25)15(3)27-13-20(24)22-16-7-5-14(2)6-8-16/h5-8,10,12,15,18H,4,9,11,13H2,1-3H3,(H,22,24). The largest absolute Gasteiger partial charge is 0.334 e. The molecule has 2 heterocycles. The Balaban J connectivity index is 1.54. The van der Waals surface area contributed by atoms with E-state index in [1.165, 1.54) is 22.2 Å². The SMILES string of the molecule is CCC1c2ccsc2CCN1C(=O)C(C)SCC(=O)Nc1ccc(C)cc1. The summed E-state index contributed by atoms with van der Waals surface area (Å²) in [7, 11) is 0. The van der Waals surface area contributed by atoms with E-state index in [1.54, 1.807) is 11.3 Å². The molecule has 0 aliphatic carbocycles. The molecule has 0 bridgehead atoms. The number of fused-ring (bicyclic) bond motifs is 1. The van der Waals surface area contributed by atoms with Crippen LogP contribution in [0.4, 0.5) is 5.69 Å². The molecule has 1 aliphatic rings. The first kappa shape index (κ1) is 20.0. The van der Waals surface area contributed by atoms with Crippen LogP contribution in [0.5, 0.6) is 0 Å². The van der Waals surface area contributed by atoms with Gasteiger partial charge in [0.2, 0.25) is 11.8 Å². The first-order valence-corrected chi connectivity index (χ1v) is 11.3. The van der Waals surface area contributed by atoms with Crippen molar-refractivity contribution in [3.8, 4) is 0 Å². The van der Waals surface area contributed by atoms with Gasteiger partial charge in [-0.15, -0.1) is 23.1 Å². The summed E-state index contributed by atoms with van der Waals surface area (Å²) < 4.78 is 0. The van der Waals surface area contributed by atoms with Gasteiger partial charge < -0.3 is 10.2 Å². The Bertz CT molecular complexity index is 801. The normalized spacial score (nSPS) is 17.3. The lowest BCUT2D eigenvalue weighted by Crippen LogP contribution is -2.43. The van der Waals surface area contributed by atoms with E-state index in [2.05, 4.69) is 23.7 Å². The fourth-order valence-corrected chi connectivity index (χ4v) is 5.12. The Morgan fingerprint density at radius 1 is 1.30 bits per heavy atom. The molecule has 3 rings (SSSR count). The van der Waals surface area contributed by atoms with Crippen LogP contribution >= 0.6 is 23.1 Å². The number of thiophene rings is 1. The molecule has 2 unspecified atom stereocenters. The number of thioether (sulfide) groups is 1. The molecule has 27 heavy (non-hydrogen) atoms. The van der Waals surface area contributed by atoms with Gasteiger partial charge >= 0.3 is 0 Å². The van der Waals surface area contributed by atoms with Gasteiger partial charge in [-0.1, -0.05) is 24.6 Å². The van der Waals surface area contributed by atoms with Crippen LogP contribution in [0.15, 0.2) is 35.7 Å². The molecule has 1 N–H and O–H groups in total. The van der Waals surface area contributed by atoms with Crippen LogP contribution < -0.4 is 5.32 Å². The minimum atomic E-state index is -0.233. The summed E-state index contributed by atoms with van der Waals surface area (Å²) in [5.41, 5.74) is 3.25. The predicted octanol–water partition coefficient (Wildman–Crippen LogP) is 4.65. The molecule has 4 nitrogen and oxygen atoms in total. The molecule has 0 fully saturated rings. The molecule has 144 valence electrons. The topological polar surface area (TPSA) is 49.4 Å². The molecule has 1 aromatic carbocycles. The maximum atomic E-state index is 13.0. The van der Waals surface area contributed by atoms with Crippen LogP contribution in [0.3, 0.4) is 0 Å². The number of nitrogens with one attached hydrogen (secondary N) is 1. The monoisotopic (exact) mass is 402 g/mol. The zero-order chi connectivity index (χ0) is 19.4. The lowest BCUT2D eigenvalue weighted by Gasteiger charge is -2.37. The fraction of sp³-hybridized carbons (Fsp3) is 0.429. The number of benzene rings is 1. The van der Waals surface area contributed by atoms with Crippen LogP contribution in [-0.4, -0.2) is 34.3 Å². The Kier molecular flexibility index (Phi) is 6.60. The van der Waals surface area contributed by atoms with E-state index in [4.69, 9.17) is 0 Å². The average molecular weight is 403 g/mol. The maximum Gasteiger partial charge on any atom is 0.235 e. The number of amides is 2. The molecule has 1 aliphatic heterocycles. The minimum absolute atomic E-state index is 0.0747. The van der Waals surface area contributed by atoms with E-state index < -0.39 is 0 Å². The lowest BCUT2D eigenvalue weighted by atomic mass is 9.97. The Morgan fingerprint density at radius 3 is 2.74 bits per heavy atom. The zero-order valence-corrected chi connectivity index (χ0v) is 17.7. The number of carbonyl (C=O) groups excluding carboxylic acids is 2. The molecule has 6 heteroatoms. The molecule has 0 radical (unpaired) electrons. The van der Waals surface area contributed by atoms with Gasteiger partial charge in [-0.05, 0) is 55.8 Å². The van der Waals surface area contributed by atoms with Gasteiger partial charge in [0.05, 0.1) is 17.0 Å². The van der Waals surface area contributed by atoms with E-state index in [0.29, 0.717) is 0 Å². The van der Waals surface area contributed by atoms with E-state index >= 15 is 0 Å². The Hall–Kier alpha value is -1.79. The van der Waals surface area contributed by atoms with Crippen molar-refractivity contribution in [2.75, 3.05) is 17.6 Å². The van der Waals surface area contributed by atoms with Crippen molar-refractivity contribution >= 4 is 40.6 Å². The number of hydrogen-bond acceptors (Lipinski definition) is 4. The summed E-state index contributed by atoms with van der Waals surface area (Å²) in [6.07, 6.45) is 1.85. The second-order valence-corrected chi connectivity index (χ2v) is 9.20. The molecular weight excluding hydrogens is 376 g/mol. The molecule has 1 aromatic heterocycles. The second kappa shape index (κ2) is 8.93. The van der Waals surface area contributed by atoms with Crippen molar-refractivity contribution in [1.82, 2.24) is 4.90 Å². The van der Waals surface area contributed by atoms with Crippen LogP contribution in [0, 0.1) is 6.92 Å². The number of hydrogen-bond donors (Lipinski definition) is 1. The van der Waals surface area contributed by atoms with Crippen LogP contribution in [0.2, 0.25) is 0 Å². The molecule has 2 atom stereocenters. The highest BCUT2D eigenvalue weighted by molar-refractivity contribution is 8.01. The summed E-state index contributed by atoms with van der Waals surface area (Å²) >= 11 is 3.19. The number of anilines is 1. The van der Waals surface area contributed by atoms with Crippen molar-refractivity contribution in [3.05, 3.63) is 51.7 Å². The molecule has 2 amide bonds. The second-order valence-electron chi connectivity index (χ2n) is 6.87. The zero-order valence-electron chi connectivity index (χ0n) is 16.0. The summed E-state index contributed by atoms with van der Waals surface area (Å²) in [5.74, 6) is 0.330. The van der Waals surface area contributed by atoms with Crippen LogP contribution in [-0.2, 0) is 16.0 Å². The van der Waals surface area contributed by atoms with E-state index in [9.17, 15) is 9.59 Å². The summed E-state index contributed by atoms with van der Waals surface area (Å²) in [6.45, 7) is 6.82. The number of nitrogens with zero attached hydrogens (tertiary/aromatic N) is 1. The fourth-order valence-electron chi connectivity index (χ4n) is 3.44. The van der Waals surface area contributed by atoms with Crippen molar-refractivity contribution < 1.29 is 9.59 Å². The summed E-state index contributed by atoms with van der Waals surface area (Å²) in [6, 6.07) is 10.0. The first-order chi connectivity index (χ1) is 13.0. The van der Waals surface area contributed by atoms with Crippen molar-refractivity contribution in [1.29, 1.82) is 0 Å². The van der Waals surface area contributed by atoms with Gasteiger partial charge in [0.25, 0.3) is 0 Å². The van der Waals surface area contributed by atoms with Gasteiger partial charge in [-0.3, -0.25) is 9.59 Å². The van der Waals surface area contributed by atoms with Gasteiger partial charge in [0.15, 0.2) is 0 Å². The molecule has 0 spiro atoms. The highest BCUT2D eigenvalue weighted by Gasteiger charge is 2.32. The smallest absolute Gasteiger partial charge is 0.235 e. The van der Waals surface area contributed by atoms with Crippen LogP contribution in [0.25, 0.3) is 0 Å². The van der Waals surface area contributed by atoms with Gasteiger partial charge in [-0.2, -0.15) is 0 Å². The van der Waals surface area contributed by atoms with E-state index in [-0.39, 0.29) is 28.9 Å². The minimum Gasteiger partial charge on any atom is -0.334 e. The molecule has 0 saturated heterocycles. The van der Waals surface area contributed by atoms with E-state index in [1.807, 2.05) is 43.0 Å². The predicted molar refractivity (Wildman–Crippen MR) is 114 cm³/mol. The summed E-state index contributed by atoms with van der Waals surface area (Å²) in [4.78, 5) is 28.6. The first-order valence-electron chi connectivity index (χ1n) is 9.34. The molecule has 2 aromatic rings. The van der Waals surface area contributed by atoms with Gasteiger partial charge in [-0.25, -0.2) is 0 Å². The number of rotatable bonds is 6. The highest BCUT2D eigenvalue weighted by atomic mass is 32.2. The number of carbonyl (C=O) groups is 2. The third-order valence-electron chi connectivity index (χ3n) is 4.91. The lowest BCUT2D eigenvalue weighted by molar-refractivity contribution is -0.133. The number of aryl methyl sites for hydroxylation is 1. The third kappa shape index (κ3) is 4.74. The summed E-state index contributed by atoms with van der Waals surface area (Å²) in [5, 5.41) is 4.78. The average Bonchev–Trinajstić information content (AvgIpc) is 3.15. The third-order valence-corrected chi connectivity index (χ3v) is 7.04. The van der Waals surface area contributed by atoms with Crippen molar-refractivity contribution in [2.24, 2.45) is 0 Å². The quantitative estimate of drug-likeness (QED) is 0.765. The molecular formula is C21H26N2O2S2. The van der Waals surface area contributed by atoms with Crippen molar-refractivity contribution in [2.45, 2.75) is 44.9 Å².